The van der Waals surface area contributed by atoms with Crippen LogP contribution in [-0.2, 0) is 26.7 Å². The Morgan fingerprint density at radius 2 is 2.15 bits per heavy atom. The van der Waals surface area contributed by atoms with Crippen LogP contribution in [0.5, 0.6) is 5.75 Å². The molecule has 0 radical (unpaired) electrons. The number of methoxy groups -OCH3 is 1. The van der Waals surface area contributed by atoms with E-state index in [1.165, 1.54) is 5.56 Å². The average Bonchev–Trinajstić information content (AvgIpc) is 2.84. The standard InChI is InChI=1S/C15H22N4O/c1-18(11-15-17-6-7-19(15)2)10-12-4-5-14(20-3)13(8-12)9-16/h4-8H,9-11,16H2,1-3H3. The first-order chi connectivity index (χ1) is 9.63. The van der Waals surface area contributed by atoms with Crippen molar-refractivity contribution in [1.29, 1.82) is 0 Å². The Balaban J connectivity index is 2.04. The van der Waals surface area contributed by atoms with Gasteiger partial charge in [-0.15, -0.1) is 0 Å². The Kier molecular flexibility index (Phi) is 4.76. The summed E-state index contributed by atoms with van der Waals surface area (Å²) in [5.41, 5.74) is 8.01. The number of aryl methyl sites for hydroxylation is 1. The quantitative estimate of drug-likeness (QED) is 0.867. The van der Waals surface area contributed by atoms with Gasteiger partial charge in [0.15, 0.2) is 0 Å². The van der Waals surface area contributed by atoms with Gasteiger partial charge in [-0.3, -0.25) is 4.90 Å². The Hall–Kier alpha value is -1.85. The first kappa shape index (κ1) is 14.6. The summed E-state index contributed by atoms with van der Waals surface area (Å²) in [6, 6.07) is 6.16. The van der Waals surface area contributed by atoms with E-state index >= 15 is 0 Å². The molecule has 1 aromatic heterocycles. The predicted octanol–water partition coefficient (Wildman–Crippen LogP) is 1.52. The summed E-state index contributed by atoms with van der Waals surface area (Å²) < 4.78 is 7.33. The van der Waals surface area contributed by atoms with E-state index in [4.69, 9.17) is 10.5 Å². The molecule has 0 aliphatic heterocycles. The summed E-state index contributed by atoms with van der Waals surface area (Å²) in [7, 11) is 5.76. The summed E-state index contributed by atoms with van der Waals surface area (Å²) in [4.78, 5) is 6.57. The number of imidazole rings is 1. The number of nitrogens with zero attached hydrogens (tertiary/aromatic N) is 3. The lowest BCUT2D eigenvalue weighted by molar-refractivity contribution is 0.306. The number of benzene rings is 1. The molecule has 2 rings (SSSR count). The topological polar surface area (TPSA) is 56.3 Å². The highest BCUT2D eigenvalue weighted by Gasteiger charge is 2.07. The fourth-order valence-electron chi connectivity index (χ4n) is 2.25. The van der Waals surface area contributed by atoms with Crippen molar-refractivity contribution in [2.24, 2.45) is 12.8 Å². The number of rotatable bonds is 6. The lowest BCUT2D eigenvalue weighted by atomic mass is 10.1. The summed E-state index contributed by atoms with van der Waals surface area (Å²) in [6.07, 6.45) is 3.78. The van der Waals surface area contributed by atoms with Crippen LogP contribution in [0.2, 0.25) is 0 Å². The van der Waals surface area contributed by atoms with E-state index in [0.717, 1.165) is 30.2 Å². The van der Waals surface area contributed by atoms with E-state index in [9.17, 15) is 0 Å². The van der Waals surface area contributed by atoms with Gasteiger partial charge in [0.1, 0.15) is 11.6 Å². The van der Waals surface area contributed by atoms with Crippen molar-refractivity contribution in [3.05, 3.63) is 47.5 Å². The fraction of sp³-hybridized carbons (Fsp3) is 0.400. The van der Waals surface area contributed by atoms with Gasteiger partial charge in [0.05, 0.1) is 13.7 Å². The van der Waals surface area contributed by atoms with Crippen LogP contribution >= 0.6 is 0 Å². The number of nitrogens with two attached hydrogens (primary N) is 1. The van der Waals surface area contributed by atoms with Gasteiger partial charge in [-0.25, -0.2) is 4.98 Å². The Labute approximate surface area is 120 Å². The van der Waals surface area contributed by atoms with Gasteiger partial charge >= 0.3 is 0 Å². The van der Waals surface area contributed by atoms with Gasteiger partial charge in [-0.2, -0.15) is 0 Å². The number of aromatic nitrogens is 2. The highest BCUT2D eigenvalue weighted by molar-refractivity contribution is 5.37. The zero-order valence-corrected chi connectivity index (χ0v) is 12.3. The van der Waals surface area contributed by atoms with Crippen LogP contribution in [0, 0.1) is 0 Å². The summed E-state index contributed by atoms with van der Waals surface area (Å²) >= 11 is 0. The van der Waals surface area contributed by atoms with Crippen LogP contribution in [0.1, 0.15) is 17.0 Å². The minimum absolute atomic E-state index is 0.486. The van der Waals surface area contributed by atoms with E-state index < -0.39 is 0 Å². The van der Waals surface area contributed by atoms with Gasteiger partial charge in [0.2, 0.25) is 0 Å². The molecule has 0 aliphatic rings. The van der Waals surface area contributed by atoms with Crippen LogP contribution in [0.4, 0.5) is 0 Å². The molecule has 1 aromatic carbocycles. The van der Waals surface area contributed by atoms with Crippen molar-refractivity contribution in [3.63, 3.8) is 0 Å². The predicted molar refractivity (Wildman–Crippen MR) is 79.3 cm³/mol. The molecule has 2 N–H and O–H groups in total. The van der Waals surface area contributed by atoms with Crippen molar-refractivity contribution >= 4 is 0 Å². The summed E-state index contributed by atoms with van der Waals surface area (Å²) in [5, 5.41) is 0. The van der Waals surface area contributed by atoms with Gasteiger partial charge in [-0.1, -0.05) is 6.07 Å². The van der Waals surface area contributed by atoms with Crippen LogP contribution < -0.4 is 10.5 Å². The van der Waals surface area contributed by atoms with E-state index in [1.807, 2.05) is 30.1 Å². The third-order valence-corrected chi connectivity index (χ3v) is 3.35. The second-order valence-corrected chi connectivity index (χ2v) is 4.98. The monoisotopic (exact) mass is 274 g/mol. The van der Waals surface area contributed by atoms with E-state index in [1.54, 1.807) is 7.11 Å². The lowest BCUT2D eigenvalue weighted by Crippen LogP contribution is -2.19. The van der Waals surface area contributed by atoms with Gasteiger partial charge < -0.3 is 15.0 Å². The van der Waals surface area contributed by atoms with Gasteiger partial charge in [0.25, 0.3) is 0 Å². The maximum atomic E-state index is 5.75. The molecule has 5 heteroatoms. The van der Waals surface area contributed by atoms with Crippen molar-refractivity contribution in [3.8, 4) is 5.75 Å². The van der Waals surface area contributed by atoms with Gasteiger partial charge in [0, 0.05) is 38.1 Å². The van der Waals surface area contributed by atoms with E-state index in [-0.39, 0.29) is 0 Å². The van der Waals surface area contributed by atoms with Crippen LogP contribution in [-0.4, -0.2) is 28.6 Å². The Bertz CT molecular complexity index is 565. The zero-order chi connectivity index (χ0) is 14.5. The maximum absolute atomic E-state index is 5.75. The highest BCUT2D eigenvalue weighted by atomic mass is 16.5. The number of ether oxygens (including phenoxy) is 1. The Morgan fingerprint density at radius 3 is 2.75 bits per heavy atom. The third kappa shape index (κ3) is 3.37. The van der Waals surface area contributed by atoms with Crippen molar-refractivity contribution in [1.82, 2.24) is 14.5 Å². The molecule has 0 amide bonds. The molecular formula is C15H22N4O. The van der Waals surface area contributed by atoms with Crippen LogP contribution in [0.15, 0.2) is 30.6 Å². The minimum Gasteiger partial charge on any atom is -0.496 e. The normalized spacial score (nSPS) is 11.1. The SMILES string of the molecule is COc1ccc(CN(C)Cc2nccn2C)cc1CN. The highest BCUT2D eigenvalue weighted by Crippen LogP contribution is 2.20. The Morgan fingerprint density at radius 1 is 1.35 bits per heavy atom. The van der Waals surface area contributed by atoms with Gasteiger partial charge in [-0.05, 0) is 24.7 Å². The summed E-state index contributed by atoms with van der Waals surface area (Å²) in [6.45, 7) is 2.15. The smallest absolute Gasteiger partial charge is 0.123 e. The molecule has 0 saturated heterocycles. The third-order valence-electron chi connectivity index (χ3n) is 3.35. The molecular weight excluding hydrogens is 252 g/mol. The molecule has 0 fully saturated rings. The summed E-state index contributed by atoms with van der Waals surface area (Å²) in [5.74, 6) is 1.91. The largest absolute Gasteiger partial charge is 0.496 e. The molecule has 0 aliphatic carbocycles. The van der Waals surface area contributed by atoms with E-state index in [2.05, 4.69) is 29.1 Å². The first-order valence-corrected chi connectivity index (χ1v) is 6.64. The average molecular weight is 274 g/mol. The minimum atomic E-state index is 0.486. The number of hydrogen-bond acceptors (Lipinski definition) is 4. The van der Waals surface area contributed by atoms with Crippen LogP contribution in [0.25, 0.3) is 0 Å². The molecule has 1 heterocycles. The zero-order valence-electron chi connectivity index (χ0n) is 12.3. The first-order valence-electron chi connectivity index (χ1n) is 6.64. The van der Waals surface area contributed by atoms with Crippen molar-refractivity contribution < 1.29 is 4.74 Å². The van der Waals surface area contributed by atoms with E-state index in [0.29, 0.717) is 6.54 Å². The molecule has 20 heavy (non-hydrogen) atoms. The van der Waals surface area contributed by atoms with Crippen molar-refractivity contribution in [2.75, 3.05) is 14.2 Å². The molecule has 0 spiro atoms. The second kappa shape index (κ2) is 6.54. The molecule has 0 unspecified atom stereocenters. The molecule has 108 valence electrons. The second-order valence-electron chi connectivity index (χ2n) is 4.98. The molecule has 2 aromatic rings. The molecule has 0 bridgehead atoms. The van der Waals surface area contributed by atoms with Crippen molar-refractivity contribution in [2.45, 2.75) is 19.6 Å². The molecule has 0 saturated carbocycles. The molecule has 5 nitrogen and oxygen atoms in total. The number of hydrogen-bond donors (Lipinski definition) is 1. The van der Waals surface area contributed by atoms with Crippen LogP contribution in [0.3, 0.4) is 0 Å². The fourth-order valence-corrected chi connectivity index (χ4v) is 2.25. The molecule has 0 atom stereocenters. The lowest BCUT2D eigenvalue weighted by Gasteiger charge is -2.17. The maximum Gasteiger partial charge on any atom is 0.123 e.